The molecule has 0 radical (unpaired) electrons. The number of hydrogen-bond acceptors (Lipinski definition) is 4. The Bertz CT molecular complexity index is 773. The number of carbonyl (C=O) groups excluding carboxylic acids is 2. The van der Waals surface area contributed by atoms with Gasteiger partial charge in [0.05, 0.1) is 18.4 Å². The Morgan fingerprint density at radius 1 is 1.25 bits per heavy atom. The Labute approximate surface area is 139 Å². The van der Waals surface area contributed by atoms with E-state index in [0.717, 1.165) is 11.3 Å². The molecule has 0 bridgehead atoms. The molecule has 0 atom stereocenters. The van der Waals surface area contributed by atoms with Gasteiger partial charge < -0.3 is 20.1 Å². The highest BCUT2D eigenvalue weighted by atomic mass is 16.5. The molecule has 24 heavy (non-hydrogen) atoms. The summed E-state index contributed by atoms with van der Waals surface area (Å²) < 4.78 is 10.7. The molecule has 0 unspecified atom stereocenters. The van der Waals surface area contributed by atoms with Gasteiger partial charge in [0.1, 0.15) is 5.75 Å². The summed E-state index contributed by atoms with van der Waals surface area (Å²) in [6.45, 7) is 0.383. The molecule has 2 amide bonds. The van der Waals surface area contributed by atoms with Crippen LogP contribution in [0.15, 0.2) is 42.5 Å². The van der Waals surface area contributed by atoms with E-state index in [1.54, 1.807) is 25.3 Å². The number of amides is 2. The van der Waals surface area contributed by atoms with Crippen molar-refractivity contribution in [1.29, 1.82) is 0 Å². The molecule has 2 aromatic carbocycles. The van der Waals surface area contributed by atoms with Gasteiger partial charge in [-0.15, -0.1) is 0 Å². The molecule has 0 aliphatic carbocycles. The Kier molecular flexibility index (Phi) is 4.65. The topological polar surface area (TPSA) is 76.7 Å². The van der Waals surface area contributed by atoms with E-state index < -0.39 is 0 Å². The minimum Gasteiger partial charge on any atom is -0.496 e. The second-order valence-corrected chi connectivity index (χ2v) is 5.34. The minimum absolute atomic E-state index is 0.0848. The summed E-state index contributed by atoms with van der Waals surface area (Å²) in [6, 6.07) is 12.8. The number of benzene rings is 2. The van der Waals surface area contributed by atoms with E-state index in [1.165, 1.54) is 0 Å². The molecule has 1 aliphatic rings. The third-order valence-electron chi connectivity index (χ3n) is 3.75. The monoisotopic (exact) mass is 326 g/mol. The van der Waals surface area contributed by atoms with Crippen molar-refractivity contribution in [2.75, 3.05) is 25.6 Å². The van der Waals surface area contributed by atoms with Crippen molar-refractivity contribution in [1.82, 2.24) is 5.32 Å². The highest BCUT2D eigenvalue weighted by Gasteiger charge is 2.22. The maximum atomic E-state index is 12.4. The average molecular weight is 326 g/mol. The second kappa shape index (κ2) is 7.04. The predicted molar refractivity (Wildman–Crippen MR) is 89.6 cm³/mol. The molecular weight excluding hydrogens is 308 g/mol. The minimum atomic E-state index is -0.238. The zero-order valence-electron chi connectivity index (χ0n) is 13.3. The van der Waals surface area contributed by atoms with Gasteiger partial charge in [0.2, 0.25) is 0 Å². The van der Waals surface area contributed by atoms with Crippen LogP contribution in [0.5, 0.6) is 11.5 Å². The lowest BCUT2D eigenvalue weighted by Crippen LogP contribution is -2.30. The van der Waals surface area contributed by atoms with E-state index >= 15 is 0 Å². The molecule has 1 aliphatic heterocycles. The van der Waals surface area contributed by atoms with Crippen molar-refractivity contribution < 1.29 is 19.1 Å². The fourth-order valence-corrected chi connectivity index (χ4v) is 2.61. The zero-order valence-corrected chi connectivity index (χ0v) is 13.3. The Morgan fingerprint density at radius 2 is 2.08 bits per heavy atom. The molecule has 3 rings (SSSR count). The third-order valence-corrected chi connectivity index (χ3v) is 3.75. The van der Waals surface area contributed by atoms with E-state index in [9.17, 15) is 9.59 Å². The summed E-state index contributed by atoms with van der Waals surface area (Å²) in [5, 5.41) is 5.56. The molecule has 0 spiro atoms. The van der Waals surface area contributed by atoms with Gasteiger partial charge in [0.25, 0.3) is 11.8 Å². The summed E-state index contributed by atoms with van der Waals surface area (Å²) in [6.07, 6.45) is 0.655. The molecule has 0 saturated heterocycles. The maximum Gasteiger partial charge on any atom is 0.262 e. The van der Waals surface area contributed by atoms with Crippen LogP contribution in [0.25, 0.3) is 0 Å². The van der Waals surface area contributed by atoms with Crippen LogP contribution < -0.4 is 20.1 Å². The molecule has 0 aromatic heterocycles. The van der Waals surface area contributed by atoms with Crippen molar-refractivity contribution in [3.8, 4) is 11.5 Å². The van der Waals surface area contributed by atoms with E-state index in [-0.39, 0.29) is 18.4 Å². The number of methoxy groups -OCH3 is 1. The molecule has 0 fully saturated rings. The number of nitrogens with one attached hydrogen (secondary N) is 2. The van der Waals surface area contributed by atoms with E-state index in [4.69, 9.17) is 9.47 Å². The number of rotatable bonds is 5. The van der Waals surface area contributed by atoms with Crippen molar-refractivity contribution in [2.24, 2.45) is 0 Å². The smallest absolute Gasteiger partial charge is 0.262 e. The Hall–Kier alpha value is -3.02. The zero-order chi connectivity index (χ0) is 16.9. The molecule has 2 aromatic rings. The first-order valence-electron chi connectivity index (χ1n) is 7.65. The number of anilines is 1. The van der Waals surface area contributed by atoms with E-state index in [2.05, 4.69) is 10.6 Å². The van der Waals surface area contributed by atoms with Gasteiger partial charge in [-0.1, -0.05) is 24.3 Å². The summed E-state index contributed by atoms with van der Waals surface area (Å²) >= 11 is 0. The summed E-state index contributed by atoms with van der Waals surface area (Å²) in [7, 11) is 1.62. The molecule has 124 valence electrons. The van der Waals surface area contributed by atoms with Crippen molar-refractivity contribution in [2.45, 2.75) is 6.42 Å². The molecular formula is C18H18N2O4. The normalized spacial score (nSPS) is 12.6. The summed E-state index contributed by atoms with van der Waals surface area (Å²) in [5.41, 5.74) is 1.95. The van der Waals surface area contributed by atoms with Crippen LogP contribution >= 0.6 is 0 Å². The van der Waals surface area contributed by atoms with Gasteiger partial charge in [0, 0.05) is 6.54 Å². The number of carbonyl (C=O) groups is 2. The Balaban J connectivity index is 1.66. The second-order valence-electron chi connectivity index (χ2n) is 5.34. The molecule has 0 saturated carbocycles. The number of ether oxygens (including phenoxy) is 2. The average Bonchev–Trinajstić information content (AvgIpc) is 2.61. The SMILES string of the molecule is COc1ccccc1CCNC(=O)c1cccc2c1OCC(=O)N2. The molecule has 2 N–H and O–H groups in total. The lowest BCUT2D eigenvalue weighted by Gasteiger charge is -2.20. The van der Waals surface area contributed by atoms with Crippen LogP contribution in [0.4, 0.5) is 5.69 Å². The van der Waals surface area contributed by atoms with Gasteiger partial charge in [-0.05, 0) is 30.2 Å². The molecule has 1 heterocycles. The van der Waals surface area contributed by atoms with Crippen LogP contribution in [-0.4, -0.2) is 32.1 Å². The van der Waals surface area contributed by atoms with Gasteiger partial charge in [-0.2, -0.15) is 0 Å². The van der Waals surface area contributed by atoms with Crippen LogP contribution in [0, 0.1) is 0 Å². The van der Waals surface area contributed by atoms with Gasteiger partial charge in [-0.25, -0.2) is 0 Å². The lowest BCUT2D eigenvalue weighted by atomic mass is 10.1. The quantitative estimate of drug-likeness (QED) is 0.881. The highest BCUT2D eigenvalue weighted by molar-refractivity contribution is 6.03. The van der Waals surface area contributed by atoms with E-state index in [1.807, 2.05) is 24.3 Å². The number of hydrogen-bond donors (Lipinski definition) is 2. The first-order chi connectivity index (χ1) is 11.7. The summed E-state index contributed by atoms with van der Waals surface area (Å²) in [4.78, 5) is 23.8. The van der Waals surface area contributed by atoms with Gasteiger partial charge in [0.15, 0.2) is 12.4 Å². The van der Waals surface area contributed by atoms with Crippen LogP contribution in [0.3, 0.4) is 0 Å². The fourth-order valence-electron chi connectivity index (χ4n) is 2.61. The number of fused-ring (bicyclic) bond motifs is 1. The van der Waals surface area contributed by atoms with Crippen molar-refractivity contribution in [3.63, 3.8) is 0 Å². The first-order valence-corrected chi connectivity index (χ1v) is 7.65. The molecule has 6 heteroatoms. The lowest BCUT2D eigenvalue weighted by molar-refractivity contribution is -0.118. The fraction of sp³-hybridized carbons (Fsp3) is 0.222. The van der Waals surface area contributed by atoms with Crippen LogP contribution in [-0.2, 0) is 11.2 Å². The van der Waals surface area contributed by atoms with Crippen molar-refractivity contribution in [3.05, 3.63) is 53.6 Å². The first kappa shape index (κ1) is 15.9. The maximum absolute atomic E-state index is 12.4. The largest absolute Gasteiger partial charge is 0.496 e. The van der Waals surface area contributed by atoms with Crippen molar-refractivity contribution >= 4 is 17.5 Å². The standard InChI is InChI=1S/C18H18N2O4/c1-23-15-8-3-2-5-12(15)9-10-19-18(22)13-6-4-7-14-17(13)24-11-16(21)20-14/h2-8H,9-11H2,1H3,(H,19,22)(H,20,21). The molecule has 6 nitrogen and oxygen atoms in total. The highest BCUT2D eigenvalue weighted by Crippen LogP contribution is 2.31. The van der Waals surface area contributed by atoms with E-state index in [0.29, 0.717) is 30.0 Å². The number of para-hydroxylation sites is 2. The Morgan fingerprint density at radius 3 is 2.92 bits per heavy atom. The summed E-state index contributed by atoms with van der Waals surface area (Å²) in [5.74, 6) is 0.746. The third kappa shape index (κ3) is 3.32. The van der Waals surface area contributed by atoms with Gasteiger partial charge in [-0.3, -0.25) is 9.59 Å². The van der Waals surface area contributed by atoms with Crippen LogP contribution in [0.2, 0.25) is 0 Å². The predicted octanol–water partition coefficient (Wildman–Crippen LogP) is 2.00. The van der Waals surface area contributed by atoms with Gasteiger partial charge >= 0.3 is 0 Å². The van der Waals surface area contributed by atoms with Crippen LogP contribution in [0.1, 0.15) is 15.9 Å².